The molecule has 0 fully saturated rings. The zero-order chi connectivity index (χ0) is 9.45. The van der Waals surface area contributed by atoms with Gasteiger partial charge in [0.2, 0.25) is 0 Å². The molecule has 0 bridgehead atoms. The minimum absolute atomic E-state index is 0.706. The highest BCUT2D eigenvalue weighted by Crippen LogP contribution is 2.23. The highest BCUT2D eigenvalue weighted by molar-refractivity contribution is 7.64. The number of rotatable bonds is 1. The zero-order valence-corrected chi connectivity index (χ0v) is 10.00. The van der Waals surface area contributed by atoms with Crippen molar-refractivity contribution < 1.29 is 0 Å². The molecule has 0 aliphatic carbocycles. The summed E-state index contributed by atoms with van der Waals surface area (Å²) in [6.07, 6.45) is 0. The third kappa shape index (κ3) is 10.3. The normalized spacial score (nSPS) is 10.0. The van der Waals surface area contributed by atoms with Crippen molar-refractivity contribution in [3.63, 3.8) is 0 Å². The van der Waals surface area contributed by atoms with Gasteiger partial charge in [0.1, 0.15) is 0 Å². The minimum Gasteiger partial charge on any atom is -0.126 e. The Labute approximate surface area is 88.6 Å². The van der Waals surface area contributed by atoms with E-state index in [0.29, 0.717) is 6.04 Å². The van der Waals surface area contributed by atoms with Gasteiger partial charge in [0.15, 0.2) is 0 Å². The molecule has 67 valence electrons. The third-order valence-corrected chi connectivity index (χ3v) is 4.22. The Morgan fingerprint density at radius 1 is 1.08 bits per heavy atom. The van der Waals surface area contributed by atoms with Crippen molar-refractivity contribution in [3.05, 3.63) is 36.4 Å². The Kier molecular flexibility index (Phi) is 6.96. The molecular weight excluding hydrogens is 231 g/mol. The molecule has 0 amide bonds. The summed E-state index contributed by atoms with van der Waals surface area (Å²) in [5.74, 6) is 0. The van der Waals surface area contributed by atoms with Crippen molar-refractivity contribution in [2.24, 2.45) is 0 Å². The van der Waals surface area contributed by atoms with Gasteiger partial charge < -0.3 is 0 Å². The van der Waals surface area contributed by atoms with Crippen LogP contribution >= 0.6 is 33.2 Å². The van der Waals surface area contributed by atoms with E-state index in [9.17, 15) is 0 Å². The van der Waals surface area contributed by atoms with Gasteiger partial charge >= 0.3 is 6.00 Å². The maximum Gasteiger partial charge on any atom is 0.341 e. The molecule has 0 aliphatic rings. The van der Waals surface area contributed by atoms with E-state index < -0.39 is 6.00 Å². The highest BCUT2D eigenvalue weighted by atomic mass is 35.8. The fourth-order valence-corrected chi connectivity index (χ4v) is 0.342. The van der Waals surface area contributed by atoms with Crippen LogP contribution in [0.1, 0.15) is 6.92 Å². The number of hydrogen-bond acceptors (Lipinski definition) is 0. The van der Waals surface area contributed by atoms with Crippen molar-refractivity contribution >= 4 is 39.2 Å². The van der Waals surface area contributed by atoms with Crippen LogP contribution in [0, 0.1) is 6.07 Å². The van der Waals surface area contributed by atoms with Crippen LogP contribution in [0.5, 0.6) is 0 Å². The van der Waals surface area contributed by atoms with Crippen LogP contribution in [0.2, 0.25) is 6.04 Å². The first-order chi connectivity index (χ1) is 5.56. The molecule has 0 unspecified atom stereocenters. The number of halogens is 3. The second-order valence-corrected chi connectivity index (χ2v) is 11.5. The van der Waals surface area contributed by atoms with Crippen molar-refractivity contribution in [1.82, 2.24) is 0 Å². The van der Waals surface area contributed by atoms with Crippen molar-refractivity contribution in [2.45, 2.75) is 13.0 Å². The van der Waals surface area contributed by atoms with E-state index in [2.05, 4.69) is 6.07 Å². The topological polar surface area (TPSA) is 0 Å². The molecule has 0 spiro atoms. The molecule has 0 aromatic heterocycles. The Morgan fingerprint density at radius 3 is 1.58 bits per heavy atom. The monoisotopic (exact) mass is 239 g/mol. The molecule has 0 saturated carbocycles. The van der Waals surface area contributed by atoms with E-state index in [1.165, 1.54) is 0 Å². The molecule has 12 heavy (non-hydrogen) atoms. The quantitative estimate of drug-likeness (QED) is 0.511. The minimum atomic E-state index is -2.21. The predicted octanol–water partition coefficient (Wildman–Crippen LogP) is 4.15. The third-order valence-electron chi connectivity index (χ3n) is 1.01. The second kappa shape index (κ2) is 6.78. The molecule has 1 aromatic carbocycles. The zero-order valence-electron chi connectivity index (χ0n) is 6.73. The van der Waals surface area contributed by atoms with E-state index in [-0.39, 0.29) is 0 Å². The Bertz CT molecular complexity index is 157. The summed E-state index contributed by atoms with van der Waals surface area (Å²) < 4.78 is 0. The van der Waals surface area contributed by atoms with Crippen molar-refractivity contribution in [1.29, 1.82) is 0 Å². The molecule has 1 rings (SSSR count). The summed E-state index contributed by atoms with van der Waals surface area (Å²) in [4.78, 5) is 0. The Balaban J connectivity index is 0.000000202. The Hall–Kier alpha value is 0.307. The Morgan fingerprint density at radius 2 is 1.50 bits per heavy atom. The van der Waals surface area contributed by atoms with Gasteiger partial charge in [-0.2, -0.15) is 0 Å². The second-order valence-electron chi connectivity index (χ2n) is 2.05. The lowest BCUT2D eigenvalue weighted by atomic mass is 10.4. The van der Waals surface area contributed by atoms with Gasteiger partial charge in [0.05, 0.1) is 0 Å². The first-order valence-electron chi connectivity index (χ1n) is 3.54. The maximum absolute atomic E-state index is 5.39. The molecule has 0 aliphatic heterocycles. The largest absolute Gasteiger partial charge is 0.341 e. The molecule has 0 atom stereocenters. The summed E-state index contributed by atoms with van der Waals surface area (Å²) in [7, 11) is 0. The molecule has 1 radical (unpaired) electrons. The lowest BCUT2D eigenvalue weighted by molar-refractivity contribution is 1.46. The molecule has 1 aromatic rings. The summed E-state index contributed by atoms with van der Waals surface area (Å²) in [6, 6.07) is 11.0. The van der Waals surface area contributed by atoms with Gasteiger partial charge in [-0.1, -0.05) is 37.3 Å². The summed E-state index contributed by atoms with van der Waals surface area (Å²) >= 11 is 16.2. The van der Waals surface area contributed by atoms with E-state index in [1.54, 1.807) is 0 Å². The summed E-state index contributed by atoms with van der Waals surface area (Å²) in [6.45, 7) is 1.87. The lowest BCUT2D eigenvalue weighted by Crippen LogP contribution is -2.04. The van der Waals surface area contributed by atoms with Crippen LogP contribution < -0.4 is 0 Å². The molecule has 0 saturated heterocycles. The molecule has 0 N–H and O–H groups in total. The van der Waals surface area contributed by atoms with Crippen LogP contribution in [-0.2, 0) is 0 Å². The average molecular weight is 241 g/mol. The van der Waals surface area contributed by atoms with Gasteiger partial charge in [-0.05, 0) is 12.1 Å². The van der Waals surface area contributed by atoms with Crippen LogP contribution in [0.4, 0.5) is 0 Å². The number of hydrogen-bond donors (Lipinski definition) is 0. The van der Waals surface area contributed by atoms with Gasteiger partial charge in [-0.3, -0.25) is 0 Å². The summed E-state index contributed by atoms with van der Waals surface area (Å²) in [5, 5.41) is 0. The van der Waals surface area contributed by atoms with Crippen LogP contribution in [0.25, 0.3) is 0 Å². The number of benzene rings is 1. The maximum atomic E-state index is 5.39. The van der Waals surface area contributed by atoms with Crippen molar-refractivity contribution in [3.8, 4) is 0 Å². The average Bonchev–Trinajstić information content (AvgIpc) is 2.07. The molecule has 4 heteroatoms. The molecule has 0 heterocycles. The van der Waals surface area contributed by atoms with Crippen molar-refractivity contribution in [2.75, 3.05) is 0 Å². The standard InChI is InChI=1S/C6H5.C2H5Cl3Si/c1-2-4-6-5-3-1;1-2-6(3,4)5/h1-5H;2H2,1H3. The molecule has 0 nitrogen and oxygen atoms in total. The van der Waals surface area contributed by atoms with Gasteiger partial charge in [0, 0.05) is 0 Å². The van der Waals surface area contributed by atoms with E-state index in [4.69, 9.17) is 33.2 Å². The highest BCUT2D eigenvalue weighted by Gasteiger charge is 2.20. The van der Waals surface area contributed by atoms with Crippen LogP contribution in [-0.4, -0.2) is 6.00 Å². The van der Waals surface area contributed by atoms with Gasteiger partial charge in [-0.15, -0.1) is 33.2 Å². The van der Waals surface area contributed by atoms with Gasteiger partial charge in [0.25, 0.3) is 0 Å². The SMILES string of the molecule is CC[Si](Cl)(Cl)Cl.[c]1ccccc1. The first kappa shape index (κ1) is 12.3. The van der Waals surface area contributed by atoms with E-state index >= 15 is 0 Å². The van der Waals surface area contributed by atoms with Crippen LogP contribution in [0.15, 0.2) is 30.3 Å². The predicted molar refractivity (Wildman–Crippen MR) is 59.1 cm³/mol. The first-order valence-corrected chi connectivity index (χ1v) is 8.78. The fraction of sp³-hybridized carbons (Fsp3) is 0.250. The summed E-state index contributed by atoms with van der Waals surface area (Å²) in [5.41, 5.74) is 0. The molecular formula is C8H10Cl3Si. The van der Waals surface area contributed by atoms with Crippen LogP contribution in [0.3, 0.4) is 0 Å². The smallest absolute Gasteiger partial charge is 0.126 e. The van der Waals surface area contributed by atoms with E-state index in [0.717, 1.165) is 0 Å². The van der Waals surface area contributed by atoms with E-state index in [1.807, 2.05) is 37.3 Å². The fourth-order valence-electron chi connectivity index (χ4n) is 0.342. The van der Waals surface area contributed by atoms with Gasteiger partial charge in [-0.25, -0.2) is 0 Å². The lowest BCUT2D eigenvalue weighted by Gasteiger charge is -1.98.